The number of nitrogens with one attached hydrogen (secondary N) is 1. The van der Waals surface area contributed by atoms with Gasteiger partial charge in [0.1, 0.15) is 0 Å². The monoisotopic (exact) mass is 770 g/mol. The van der Waals surface area contributed by atoms with Gasteiger partial charge in [0.2, 0.25) is 5.95 Å². The molecule has 18 heteroatoms. The fourth-order valence-electron chi connectivity index (χ4n) is 5.34. The molecule has 1 aliphatic heterocycles. The largest absolute Gasteiger partial charge is 0.481 e. The maximum Gasteiger partial charge on any atom is 0.416 e. The van der Waals surface area contributed by atoms with Gasteiger partial charge in [0.15, 0.2) is 0 Å². The van der Waals surface area contributed by atoms with Crippen LogP contribution in [-0.2, 0) is 34.5 Å². The first-order valence-electron chi connectivity index (χ1n) is 14.7. The summed E-state index contributed by atoms with van der Waals surface area (Å²) in [6.07, 6.45) is -14.3. The molecule has 0 bridgehead atoms. The number of amides is 1. The van der Waals surface area contributed by atoms with Gasteiger partial charge in [-0.25, -0.2) is 14.8 Å². The zero-order chi connectivity index (χ0) is 36.3. The number of anilines is 2. The van der Waals surface area contributed by atoms with Crippen LogP contribution in [0.1, 0.15) is 78.6 Å². The number of carbonyl (C=O) groups excluding carboxylic acids is 1. The summed E-state index contributed by atoms with van der Waals surface area (Å²) >= 11 is 3.16. The van der Waals surface area contributed by atoms with E-state index in [0.717, 1.165) is 18.2 Å². The van der Waals surface area contributed by atoms with E-state index in [1.165, 1.54) is 11.1 Å². The van der Waals surface area contributed by atoms with Crippen molar-refractivity contribution in [3.8, 4) is 0 Å². The van der Waals surface area contributed by atoms with Gasteiger partial charge in [-0.3, -0.25) is 9.69 Å². The van der Waals surface area contributed by atoms with Crippen LogP contribution >= 0.6 is 15.9 Å². The van der Waals surface area contributed by atoms with Crippen molar-refractivity contribution in [2.45, 2.75) is 76.1 Å². The third kappa shape index (κ3) is 9.54. The molecule has 1 amide bonds. The molecule has 8 nitrogen and oxygen atoms in total. The number of carboxylic acids is 1. The Hall–Kier alpha value is -4.09. The van der Waals surface area contributed by atoms with Crippen molar-refractivity contribution >= 4 is 39.6 Å². The molecular weight excluding hydrogens is 743 g/mol. The Morgan fingerprint density at radius 1 is 0.959 bits per heavy atom. The predicted octanol–water partition coefficient (Wildman–Crippen LogP) is 9.42. The number of hydrogen-bond acceptors (Lipinski definition) is 6. The number of rotatable bonds is 10. The minimum atomic E-state index is -5.06. The first kappa shape index (κ1) is 37.7. The SMILES string of the molecule is CC[C@@H]1C[C@H](Nc2ncc(Br)c(Cc3cc(C(F)(F)F)cc(C(F)(F)F)c3)n2)c2cc(C(F)(F)F)ccc2N1C(=O)OCCCCC(=O)O. The molecule has 2 heterocycles. The summed E-state index contributed by atoms with van der Waals surface area (Å²) in [4.78, 5) is 33.5. The molecule has 4 rings (SSSR count). The second-order valence-corrected chi connectivity index (χ2v) is 12.0. The minimum Gasteiger partial charge on any atom is -0.481 e. The summed E-state index contributed by atoms with van der Waals surface area (Å²) in [6.45, 7) is 1.62. The van der Waals surface area contributed by atoms with Crippen LogP contribution < -0.4 is 10.2 Å². The van der Waals surface area contributed by atoms with Gasteiger partial charge in [-0.15, -0.1) is 0 Å². The van der Waals surface area contributed by atoms with Gasteiger partial charge in [0, 0.05) is 25.1 Å². The molecule has 266 valence electrons. The molecule has 0 fully saturated rings. The summed E-state index contributed by atoms with van der Waals surface area (Å²) in [5.41, 5.74) is -4.26. The molecule has 2 aromatic carbocycles. The van der Waals surface area contributed by atoms with E-state index in [4.69, 9.17) is 9.84 Å². The number of aliphatic carboxylic acids is 1. The van der Waals surface area contributed by atoms with Crippen LogP contribution in [0, 0.1) is 0 Å². The quantitative estimate of drug-likeness (QED) is 0.156. The summed E-state index contributed by atoms with van der Waals surface area (Å²) in [7, 11) is 0. The smallest absolute Gasteiger partial charge is 0.416 e. The van der Waals surface area contributed by atoms with E-state index in [9.17, 15) is 49.1 Å². The number of benzene rings is 2. The van der Waals surface area contributed by atoms with Crippen LogP contribution in [0.4, 0.5) is 55.9 Å². The van der Waals surface area contributed by atoms with Gasteiger partial charge in [0.25, 0.3) is 0 Å². The summed E-state index contributed by atoms with van der Waals surface area (Å²) in [5.74, 6) is -1.20. The number of unbranched alkanes of at least 4 members (excludes halogenated alkanes) is 1. The minimum absolute atomic E-state index is 0.00390. The lowest BCUT2D eigenvalue weighted by molar-refractivity contribution is -0.143. The van der Waals surface area contributed by atoms with E-state index in [1.807, 2.05) is 0 Å². The van der Waals surface area contributed by atoms with Crippen LogP contribution in [-0.4, -0.2) is 39.8 Å². The van der Waals surface area contributed by atoms with Crippen LogP contribution in [0.25, 0.3) is 0 Å². The molecule has 3 aromatic rings. The van der Waals surface area contributed by atoms with Gasteiger partial charge in [-0.2, -0.15) is 39.5 Å². The molecule has 0 unspecified atom stereocenters. The molecule has 1 aliphatic rings. The molecular formula is C31H28BrF9N4O4. The number of aromatic nitrogens is 2. The third-order valence-electron chi connectivity index (χ3n) is 7.68. The van der Waals surface area contributed by atoms with Gasteiger partial charge in [0.05, 0.1) is 45.2 Å². The van der Waals surface area contributed by atoms with Crippen LogP contribution in [0.15, 0.2) is 47.1 Å². The fraction of sp³-hybridized carbons (Fsp3) is 0.419. The standard InChI is InChI=1S/C31H28BrF9N4O4/c1-2-20-14-23(21-13-17(29(33,34)35)6-7-25(21)45(20)28(48)49-8-4-3-5-26(46)47)43-27-42-15-22(32)24(44-27)11-16-9-18(30(36,37)38)12-19(10-16)31(39,40)41/h6-7,9-10,12-13,15,20,23H,2-5,8,11,14H2,1H3,(H,46,47)(H,42,43,44)/t20-,23+/m1/s1. The van der Waals surface area contributed by atoms with Crippen molar-refractivity contribution < 1.29 is 58.9 Å². The average Bonchev–Trinajstić information content (AvgIpc) is 3.00. The Bertz CT molecular complexity index is 1650. The Labute approximate surface area is 281 Å². The lowest BCUT2D eigenvalue weighted by atomic mass is 9.89. The second kappa shape index (κ2) is 14.8. The Kier molecular flexibility index (Phi) is 11.4. The number of alkyl halides is 9. The molecule has 2 N–H and O–H groups in total. The van der Waals surface area contributed by atoms with Crippen LogP contribution in [0.3, 0.4) is 0 Å². The van der Waals surface area contributed by atoms with Gasteiger partial charge in [-0.05, 0) is 89.1 Å². The first-order valence-corrected chi connectivity index (χ1v) is 15.5. The lowest BCUT2D eigenvalue weighted by Gasteiger charge is -2.40. The highest BCUT2D eigenvalue weighted by molar-refractivity contribution is 9.10. The van der Waals surface area contributed by atoms with E-state index in [-0.39, 0.29) is 71.3 Å². The lowest BCUT2D eigenvalue weighted by Crippen LogP contribution is -2.46. The molecule has 0 saturated heterocycles. The Morgan fingerprint density at radius 2 is 1.59 bits per heavy atom. The second-order valence-electron chi connectivity index (χ2n) is 11.2. The normalized spacial score (nSPS) is 16.7. The fourth-order valence-corrected chi connectivity index (χ4v) is 5.67. The highest BCUT2D eigenvalue weighted by Gasteiger charge is 2.40. The number of ether oxygens (including phenoxy) is 1. The molecule has 2 atom stereocenters. The predicted molar refractivity (Wildman–Crippen MR) is 161 cm³/mol. The van der Waals surface area contributed by atoms with Crippen molar-refractivity contribution in [2.75, 3.05) is 16.8 Å². The third-order valence-corrected chi connectivity index (χ3v) is 8.34. The average molecular weight is 771 g/mol. The van der Waals surface area contributed by atoms with E-state index in [1.54, 1.807) is 6.92 Å². The Morgan fingerprint density at radius 3 is 2.16 bits per heavy atom. The van der Waals surface area contributed by atoms with E-state index < -0.39 is 65.8 Å². The van der Waals surface area contributed by atoms with E-state index in [0.29, 0.717) is 18.6 Å². The van der Waals surface area contributed by atoms with Crippen molar-refractivity contribution in [1.29, 1.82) is 0 Å². The maximum atomic E-state index is 13.8. The number of hydrogen-bond donors (Lipinski definition) is 2. The zero-order valence-corrected chi connectivity index (χ0v) is 27.0. The zero-order valence-electron chi connectivity index (χ0n) is 25.4. The van der Waals surface area contributed by atoms with Crippen molar-refractivity contribution in [3.63, 3.8) is 0 Å². The number of carboxylic acid groups (broad SMARTS) is 1. The summed E-state index contributed by atoms with van der Waals surface area (Å²) < 4.78 is 127. The topological polar surface area (TPSA) is 105 Å². The van der Waals surface area contributed by atoms with E-state index >= 15 is 0 Å². The summed E-state index contributed by atoms with van der Waals surface area (Å²) in [5, 5.41) is 11.7. The molecule has 0 radical (unpaired) electrons. The van der Waals surface area contributed by atoms with Crippen LogP contribution in [0.2, 0.25) is 0 Å². The molecule has 0 saturated carbocycles. The Balaban J connectivity index is 1.66. The van der Waals surface area contributed by atoms with Crippen molar-refractivity contribution in [3.05, 3.63) is 80.6 Å². The number of fused-ring (bicyclic) bond motifs is 1. The van der Waals surface area contributed by atoms with Gasteiger partial charge < -0.3 is 15.2 Å². The highest BCUT2D eigenvalue weighted by Crippen LogP contribution is 2.43. The van der Waals surface area contributed by atoms with Crippen LogP contribution in [0.5, 0.6) is 0 Å². The number of nitrogens with zero attached hydrogens (tertiary/aromatic N) is 3. The summed E-state index contributed by atoms with van der Waals surface area (Å²) in [6, 6.07) is 2.39. The molecule has 0 spiro atoms. The molecule has 1 aromatic heterocycles. The van der Waals surface area contributed by atoms with E-state index in [2.05, 4.69) is 31.2 Å². The maximum absolute atomic E-state index is 13.8. The molecule has 49 heavy (non-hydrogen) atoms. The van der Waals surface area contributed by atoms with Gasteiger partial charge >= 0.3 is 30.6 Å². The number of halogens is 10. The van der Waals surface area contributed by atoms with Crippen molar-refractivity contribution in [1.82, 2.24) is 9.97 Å². The van der Waals surface area contributed by atoms with Gasteiger partial charge in [-0.1, -0.05) is 6.92 Å². The van der Waals surface area contributed by atoms with Crippen molar-refractivity contribution in [2.24, 2.45) is 0 Å². The molecule has 0 aliphatic carbocycles. The highest BCUT2D eigenvalue weighted by atomic mass is 79.9. The first-order chi connectivity index (χ1) is 22.8. The number of carbonyl (C=O) groups is 2.